The normalized spacial score (nSPS) is 15.3. The summed E-state index contributed by atoms with van der Waals surface area (Å²) in [5.41, 5.74) is 0. The summed E-state index contributed by atoms with van der Waals surface area (Å²) in [5.74, 6) is 2.08. The van der Waals surface area contributed by atoms with Gasteiger partial charge in [0.1, 0.15) is 0 Å². The summed E-state index contributed by atoms with van der Waals surface area (Å²) in [6, 6.07) is 0. The summed E-state index contributed by atoms with van der Waals surface area (Å²) in [6.45, 7) is 6.98. The molecule has 0 aromatic carbocycles. The van der Waals surface area contributed by atoms with E-state index < -0.39 is 0 Å². The van der Waals surface area contributed by atoms with Crippen molar-refractivity contribution in [3.8, 4) is 0 Å². The van der Waals surface area contributed by atoms with Crippen LogP contribution >= 0.6 is 27.7 Å². The molecule has 0 spiro atoms. The minimum atomic E-state index is -0.0658. The SMILES string of the molecule is CSCC(C)CNC(=O)C(Br)C(C)C. The fraction of sp³-hybridized carbons (Fsp3) is 0.900. The van der Waals surface area contributed by atoms with Gasteiger partial charge in [-0.25, -0.2) is 0 Å². The van der Waals surface area contributed by atoms with Gasteiger partial charge in [0.2, 0.25) is 5.91 Å². The van der Waals surface area contributed by atoms with E-state index in [1.54, 1.807) is 0 Å². The Balaban J connectivity index is 3.73. The number of nitrogens with one attached hydrogen (secondary N) is 1. The van der Waals surface area contributed by atoms with Crippen LogP contribution in [0.25, 0.3) is 0 Å². The van der Waals surface area contributed by atoms with Gasteiger partial charge in [-0.05, 0) is 23.8 Å². The number of amides is 1. The smallest absolute Gasteiger partial charge is 0.234 e. The number of thioether (sulfide) groups is 1. The van der Waals surface area contributed by atoms with Crippen LogP contribution < -0.4 is 5.32 Å². The van der Waals surface area contributed by atoms with E-state index in [9.17, 15) is 4.79 Å². The molecule has 2 unspecified atom stereocenters. The summed E-state index contributed by atoms with van der Waals surface area (Å²) in [7, 11) is 0. The zero-order chi connectivity index (χ0) is 11.1. The van der Waals surface area contributed by atoms with Gasteiger partial charge in [-0.2, -0.15) is 11.8 Å². The molecule has 1 amide bonds. The molecule has 0 bridgehead atoms. The first-order valence-corrected chi connectivity index (χ1v) is 7.20. The van der Waals surface area contributed by atoms with Gasteiger partial charge >= 0.3 is 0 Å². The zero-order valence-corrected chi connectivity index (χ0v) is 11.7. The van der Waals surface area contributed by atoms with Crippen molar-refractivity contribution in [1.82, 2.24) is 5.32 Å². The van der Waals surface area contributed by atoms with Crippen molar-refractivity contribution < 1.29 is 4.79 Å². The second kappa shape index (κ2) is 7.57. The lowest BCUT2D eigenvalue weighted by atomic mass is 10.1. The first kappa shape index (κ1) is 14.3. The summed E-state index contributed by atoms with van der Waals surface area (Å²) in [5, 5.41) is 2.95. The molecule has 2 nitrogen and oxygen atoms in total. The van der Waals surface area contributed by atoms with Crippen molar-refractivity contribution in [2.45, 2.75) is 25.6 Å². The van der Waals surface area contributed by atoms with E-state index in [-0.39, 0.29) is 10.7 Å². The Kier molecular flexibility index (Phi) is 7.74. The molecule has 0 heterocycles. The van der Waals surface area contributed by atoms with Crippen molar-refractivity contribution in [1.29, 1.82) is 0 Å². The number of hydrogen-bond donors (Lipinski definition) is 1. The summed E-state index contributed by atoms with van der Waals surface area (Å²) < 4.78 is 0. The van der Waals surface area contributed by atoms with Crippen LogP contribution in [0.4, 0.5) is 0 Å². The Morgan fingerprint density at radius 2 is 2.00 bits per heavy atom. The lowest BCUT2D eigenvalue weighted by Crippen LogP contribution is -2.36. The Morgan fingerprint density at radius 1 is 1.43 bits per heavy atom. The van der Waals surface area contributed by atoms with Crippen LogP contribution in [0, 0.1) is 11.8 Å². The molecule has 0 aliphatic rings. The molecule has 0 radical (unpaired) electrons. The Labute approximate surface area is 99.7 Å². The van der Waals surface area contributed by atoms with Gasteiger partial charge in [0.05, 0.1) is 4.83 Å². The predicted molar refractivity (Wildman–Crippen MR) is 68.1 cm³/mol. The van der Waals surface area contributed by atoms with E-state index in [1.165, 1.54) is 0 Å². The average Bonchev–Trinajstić information content (AvgIpc) is 2.13. The number of halogens is 1. The fourth-order valence-corrected chi connectivity index (χ4v) is 1.87. The zero-order valence-electron chi connectivity index (χ0n) is 9.34. The summed E-state index contributed by atoms with van der Waals surface area (Å²) in [6.07, 6.45) is 2.08. The lowest BCUT2D eigenvalue weighted by Gasteiger charge is -2.16. The average molecular weight is 282 g/mol. The van der Waals surface area contributed by atoms with Crippen molar-refractivity contribution in [3.63, 3.8) is 0 Å². The van der Waals surface area contributed by atoms with Gasteiger partial charge in [0, 0.05) is 6.54 Å². The first-order valence-electron chi connectivity index (χ1n) is 4.89. The monoisotopic (exact) mass is 281 g/mol. The summed E-state index contributed by atoms with van der Waals surface area (Å²) >= 11 is 5.19. The molecule has 0 aromatic heterocycles. The van der Waals surface area contributed by atoms with Crippen LogP contribution in [0.15, 0.2) is 0 Å². The van der Waals surface area contributed by atoms with Crippen LogP contribution in [-0.2, 0) is 4.79 Å². The van der Waals surface area contributed by atoms with Crippen molar-refractivity contribution in [2.75, 3.05) is 18.6 Å². The van der Waals surface area contributed by atoms with Gasteiger partial charge < -0.3 is 5.32 Å². The molecular formula is C10H20BrNOS. The molecule has 0 fully saturated rings. The number of rotatable bonds is 6. The molecular weight excluding hydrogens is 262 g/mol. The maximum atomic E-state index is 11.5. The van der Waals surface area contributed by atoms with Gasteiger partial charge in [-0.15, -0.1) is 0 Å². The standard InChI is InChI=1S/C10H20BrNOS/c1-7(2)9(11)10(13)12-5-8(3)6-14-4/h7-9H,5-6H2,1-4H3,(H,12,13). The number of carbonyl (C=O) groups is 1. The van der Waals surface area contributed by atoms with E-state index in [2.05, 4.69) is 34.4 Å². The second-order valence-electron chi connectivity index (χ2n) is 3.95. The molecule has 0 saturated carbocycles. The van der Waals surface area contributed by atoms with Gasteiger partial charge in [0.25, 0.3) is 0 Å². The molecule has 1 N–H and O–H groups in total. The highest BCUT2D eigenvalue weighted by atomic mass is 79.9. The summed E-state index contributed by atoms with van der Waals surface area (Å²) in [4.78, 5) is 11.5. The highest BCUT2D eigenvalue weighted by Crippen LogP contribution is 2.12. The third kappa shape index (κ3) is 5.91. The van der Waals surface area contributed by atoms with E-state index >= 15 is 0 Å². The van der Waals surface area contributed by atoms with Gasteiger partial charge in [0.15, 0.2) is 0 Å². The maximum Gasteiger partial charge on any atom is 0.234 e. The third-order valence-corrected chi connectivity index (χ3v) is 4.29. The molecule has 4 heteroatoms. The molecule has 0 aromatic rings. The second-order valence-corrected chi connectivity index (χ2v) is 5.85. The van der Waals surface area contributed by atoms with E-state index in [0.717, 1.165) is 12.3 Å². The number of carbonyl (C=O) groups excluding carboxylic acids is 1. The molecule has 0 saturated heterocycles. The van der Waals surface area contributed by atoms with Crippen LogP contribution in [0.5, 0.6) is 0 Å². The molecule has 2 atom stereocenters. The molecule has 0 aliphatic heterocycles. The Bertz CT molecular complexity index is 176. The topological polar surface area (TPSA) is 29.1 Å². The minimum absolute atomic E-state index is 0.0658. The highest BCUT2D eigenvalue weighted by Gasteiger charge is 2.18. The van der Waals surface area contributed by atoms with Crippen molar-refractivity contribution in [3.05, 3.63) is 0 Å². The minimum Gasteiger partial charge on any atom is -0.355 e. The Hall–Kier alpha value is 0.300. The van der Waals surface area contributed by atoms with Crippen LogP contribution in [-0.4, -0.2) is 29.3 Å². The van der Waals surface area contributed by atoms with Gasteiger partial charge in [-0.3, -0.25) is 4.79 Å². The Morgan fingerprint density at radius 3 is 2.43 bits per heavy atom. The van der Waals surface area contributed by atoms with E-state index in [4.69, 9.17) is 0 Å². The first-order chi connectivity index (χ1) is 6.49. The lowest BCUT2D eigenvalue weighted by molar-refractivity contribution is -0.121. The van der Waals surface area contributed by atoms with E-state index in [0.29, 0.717) is 11.8 Å². The van der Waals surface area contributed by atoms with Crippen LogP contribution in [0.3, 0.4) is 0 Å². The fourth-order valence-electron chi connectivity index (χ4n) is 1.02. The number of hydrogen-bond acceptors (Lipinski definition) is 2. The molecule has 14 heavy (non-hydrogen) atoms. The third-order valence-electron chi connectivity index (χ3n) is 1.91. The molecule has 0 aliphatic carbocycles. The van der Waals surface area contributed by atoms with Gasteiger partial charge in [-0.1, -0.05) is 36.7 Å². The van der Waals surface area contributed by atoms with Crippen molar-refractivity contribution in [2.24, 2.45) is 11.8 Å². The van der Waals surface area contributed by atoms with Crippen LogP contribution in [0.1, 0.15) is 20.8 Å². The largest absolute Gasteiger partial charge is 0.355 e. The van der Waals surface area contributed by atoms with Crippen LogP contribution in [0.2, 0.25) is 0 Å². The van der Waals surface area contributed by atoms with E-state index in [1.807, 2.05) is 25.6 Å². The van der Waals surface area contributed by atoms with Crippen molar-refractivity contribution >= 4 is 33.6 Å². The molecule has 84 valence electrons. The maximum absolute atomic E-state index is 11.5. The number of alkyl halides is 1. The predicted octanol–water partition coefficient (Wildman–Crippen LogP) is 2.52. The molecule has 0 rings (SSSR count). The highest BCUT2D eigenvalue weighted by molar-refractivity contribution is 9.10. The quantitative estimate of drug-likeness (QED) is 0.758.